The highest BCUT2D eigenvalue weighted by atomic mass is 16.5. The second-order valence-corrected chi connectivity index (χ2v) is 5.24. The normalized spacial score (nSPS) is 18.9. The van der Waals surface area contributed by atoms with Crippen LogP contribution >= 0.6 is 0 Å². The van der Waals surface area contributed by atoms with Gasteiger partial charge in [-0.3, -0.25) is 4.79 Å². The molecule has 0 saturated carbocycles. The number of benzene rings is 1. The third kappa shape index (κ3) is 2.64. The van der Waals surface area contributed by atoms with Crippen LogP contribution in [-0.2, 0) is 4.79 Å². The minimum Gasteiger partial charge on any atom is -0.493 e. The molecule has 4 heteroatoms. The molecule has 0 aliphatic carbocycles. The van der Waals surface area contributed by atoms with E-state index >= 15 is 0 Å². The molecule has 1 atom stereocenters. The maximum atomic E-state index is 11.3. The largest absolute Gasteiger partial charge is 0.493 e. The van der Waals surface area contributed by atoms with Gasteiger partial charge in [0.1, 0.15) is 5.75 Å². The topological polar surface area (TPSA) is 64.3 Å². The van der Waals surface area contributed by atoms with Crippen LogP contribution < -0.4 is 15.8 Å². The number of ether oxygens (including phenoxy) is 1. The molecule has 0 fully saturated rings. The molecule has 1 aromatic rings. The maximum Gasteiger partial charge on any atom is 0.237 e. The summed E-state index contributed by atoms with van der Waals surface area (Å²) >= 11 is 0. The molecule has 0 aromatic heterocycles. The van der Waals surface area contributed by atoms with Crippen molar-refractivity contribution in [2.24, 2.45) is 5.73 Å². The lowest BCUT2D eigenvalue weighted by Crippen LogP contribution is -2.51. The van der Waals surface area contributed by atoms with Crippen molar-refractivity contribution in [2.75, 3.05) is 13.2 Å². The maximum absolute atomic E-state index is 11.3. The number of carbonyl (C=O) groups is 1. The fraction of sp³-hybridized carbons (Fsp3) is 0.500. The molecule has 1 heterocycles. The second-order valence-electron chi connectivity index (χ2n) is 5.24. The van der Waals surface area contributed by atoms with Gasteiger partial charge in [-0.1, -0.05) is 18.2 Å². The second kappa shape index (κ2) is 4.98. The summed E-state index contributed by atoms with van der Waals surface area (Å²) in [4.78, 5) is 11.3. The number of primary amides is 1. The summed E-state index contributed by atoms with van der Waals surface area (Å²) < 4.78 is 5.61. The van der Waals surface area contributed by atoms with Crippen molar-refractivity contribution in [3.05, 3.63) is 29.8 Å². The summed E-state index contributed by atoms with van der Waals surface area (Å²) in [6.45, 7) is 5.07. The third-order valence-electron chi connectivity index (χ3n) is 3.49. The van der Waals surface area contributed by atoms with Gasteiger partial charge in [-0.25, -0.2) is 0 Å². The molecule has 2 rings (SSSR count). The fourth-order valence-corrected chi connectivity index (χ4v) is 2.09. The molecule has 0 bridgehead atoms. The first kappa shape index (κ1) is 12.9. The van der Waals surface area contributed by atoms with Gasteiger partial charge >= 0.3 is 0 Å². The molecule has 0 spiro atoms. The van der Waals surface area contributed by atoms with Gasteiger partial charge in [0, 0.05) is 12.5 Å². The number of hydrogen-bond acceptors (Lipinski definition) is 3. The van der Waals surface area contributed by atoms with E-state index in [9.17, 15) is 4.79 Å². The first-order chi connectivity index (χ1) is 8.50. The van der Waals surface area contributed by atoms with Crippen LogP contribution in [0.4, 0.5) is 0 Å². The van der Waals surface area contributed by atoms with Crippen LogP contribution in [0.2, 0.25) is 0 Å². The first-order valence-electron chi connectivity index (χ1n) is 6.27. The minimum absolute atomic E-state index is 0.331. The number of rotatable bonds is 4. The highest BCUT2D eigenvalue weighted by molar-refractivity contribution is 5.83. The molecular weight excluding hydrogens is 228 g/mol. The van der Waals surface area contributed by atoms with Gasteiger partial charge in [0.05, 0.1) is 12.1 Å². The molecule has 18 heavy (non-hydrogen) atoms. The zero-order chi connectivity index (χ0) is 13.2. The van der Waals surface area contributed by atoms with Crippen molar-refractivity contribution in [3.63, 3.8) is 0 Å². The van der Waals surface area contributed by atoms with Crippen LogP contribution in [0.1, 0.15) is 31.7 Å². The lowest BCUT2D eigenvalue weighted by atomic mass is 9.92. The molecule has 98 valence electrons. The molecule has 3 N–H and O–H groups in total. The third-order valence-corrected chi connectivity index (χ3v) is 3.49. The Morgan fingerprint density at radius 3 is 2.94 bits per heavy atom. The van der Waals surface area contributed by atoms with Crippen LogP contribution in [0.5, 0.6) is 5.75 Å². The molecule has 1 aliphatic rings. The Hall–Kier alpha value is -1.55. The SMILES string of the molecule is CC(C)(NCC1CCOc2ccccc21)C(N)=O. The summed E-state index contributed by atoms with van der Waals surface area (Å²) in [6.07, 6.45) is 0.957. The molecular formula is C14H20N2O2. The Morgan fingerprint density at radius 2 is 2.22 bits per heavy atom. The van der Waals surface area contributed by atoms with Crippen molar-refractivity contribution >= 4 is 5.91 Å². The zero-order valence-electron chi connectivity index (χ0n) is 10.9. The number of nitrogens with two attached hydrogens (primary N) is 1. The Bertz CT molecular complexity index is 443. The highest BCUT2D eigenvalue weighted by Gasteiger charge is 2.27. The molecule has 1 aromatic carbocycles. The Balaban J connectivity index is 2.06. The summed E-state index contributed by atoms with van der Waals surface area (Å²) in [5, 5.41) is 3.24. The van der Waals surface area contributed by atoms with Crippen molar-refractivity contribution in [1.82, 2.24) is 5.32 Å². The van der Waals surface area contributed by atoms with Crippen LogP contribution in [0.15, 0.2) is 24.3 Å². The highest BCUT2D eigenvalue weighted by Crippen LogP contribution is 2.32. The van der Waals surface area contributed by atoms with E-state index in [1.807, 2.05) is 18.2 Å². The van der Waals surface area contributed by atoms with Crippen LogP contribution in [-0.4, -0.2) is 24.6 Å². The average molecular weight is 248 g/mol. The van der Waals surface area contributed by atoms with Crippen molar-refractivity contribution in [2.45, 2.75) is 31.7 Å². The van der Waals surface area contributed by atoms with Gasteiger partial charge in [0.25, 0.3) is 0 Å². The van der Waals surface area contributed by atoms with Crippen molar-refractivity contribution in [1.29, 1.82) is 0 Å². The molecule has 0 radical (unpaired) electrons. The van der Waals surface area contributed by atoms with E-state index < -0.39 is 5.54 Å². The van der Waals surface area contributed by atoms with E-state index in [4.69, 9.17) is 10.5 Å². The molecule has 1 unspecified atom stereocenters. The molecule has 1 amide bonds. The lowest BCUT2D eigenvalue weighted by Gasteiger charge is -2.30. The van der Waals surface area contributed by atoms with Gasteiger partial charge in [-0.05, 0) is 31.9 Å². The van der Waals surface area contributed by atoms with E-state index in [1.165, 1.54) is 5.56 Å². The van der Waals surface area contributed by atoms with E-state index in [-0.39, 0.29) is 5.91 Å². The van der Waals surface area contributed by atoms with Crippen LogP contribution in [0.3, 0.4) is 0 Å². The summed E-state index contributed by atoms with van der Waals surface area (Å²) in [7, 11) is 0. The molecule has 0 saturated heterocycles. The number of fused-ring (bicyclic) bond motifs is 1. The predicted octanol–water partition coefficient (Wildman–Crippen LogP) is 1.41. The zero-order valence-corrected chi connectivity index (χ0v) is 10.9. The average Bonchev–Trinajstić information content (AvgIpc) is 2.36. The number of hydrogen-bond donors (Lipinski definition) is 2. The predicted molar refractivity (Wildman–Crippen MR) is 70.6 cm³/mol. The van der Waals surface area contributed by atoms with E-state index in [1.54, 1.807) is 13.8 Å². The lowest BCUT2D eigenvalue weighted by molar-refractivity contribution is -0.123. The Morgan fingerprint density at radius 1 is 1.50 bits per heavy atom. The van der Waals surface area contributed by atoms with Crippen molar-refractivity contribution < 1.29 is 9.53 Å². The Labute approximate surface area is 108 Å². The minimum atomic E-state index is -0.673. The van der Waals surface area contributed by atoms with Gasteiger partial charge in [0.2, 0.25) is 5.91 Å². The Kier molecular flexibility index (Phi) is 3.57. The number of nitrogens with one attached hydrogen (secondary N) is 1. The van der Waals surface area contributed by atoms with Gasteiger partial charge < -0.3 is 15.8 Å². The first-order valence-corrected chi connectivity index (χ1v) is 6.27. The van der Waals surface area contributed by atoms with Gasteiger partial charge in [-0.15, -0.1) is 0 Å². The fourth-order valence-electron chi connectivity index (χ4n) is 2.09. The summed E-state index contributed by atoms with van der Waals surface area (Å²) in [5.74, 6) is 0.990. The van der Waals surface area contributed by atoms with E-state index in [0.717, 1.165) is 25.3 Å². The molecule has 1 aliphatic heterocycles. The summed E-state index contributed by atoms with van der Waals surface area (Å²) in [6, 6.07) is 8.06. The van der Waals surface area contributed by atoms with Crippen LogP contribution in [0.25, 0.3) is 0 Å². The van der Waals surface area contributed by atoms with Gasteiger partial charge in [-0.2, -0.15) is 0 Å². The van der Waals surface area contributed by atoms with E-state index in [0.29, 0.717) is 5.92 Å². The smallest absolute Gasteiger partial charge is 0.237 e. The number of carbonyl (C=O) groups excluding carboxylic acids is 1. The van der Waals surface area contributed by atoms with E-state index in [2.05, 4.69) is 11.4 Å². The van der Waals surface area contributed by atoms with Gasteiger partial charge in [0.15, 0.2) is 0 Å². The van der Waals surface area contributed by atoms with Crippen LogP contribution in [0, 0.1) is 0 Å². The monoisotopic (exact) mass is 248 g/mol. The number of amides is 1. The molecule has 4 nitrogen and oxygen atoms in total. The quantitative estimate of drug-likeness (QED) is 0.846. The van der Waals surface area contributed by atoms with Crippen molar-refractivity contribution in [3.8, 4) is 5.75 Å². The number of para-hydroxylation sites is 1. The standard InChI is InChI=1S/C14H20N2O2/c1-14(2,13(15)17)16-9-10-7-8-18-12-6-4-3-5-11(10)12/h3-6,10,16H,7-9H2,1-2H3,(H2,15,17). The summed E-state index contributed by atoms with van der Waals surface area (Å²) in [5.41, 5.74) is 5.89.